The lowest BCUT2D eigenvalue weighted by Gasteiger charge is -2.09. The molecular formula is C8H13FO4. The molecule has 0 aromatic heterocycles. The number of rotatable bonds is 5. The number of carbonyl (C=O) groups excluding carboxylic acids is 2. The molecule has 0 radical (unpaired) electrons. The third-order valence-corrected chi connectivity index (χ3v) is 1.51. The van der Waals surface area contributed by atoms with Crippen LogP contribution in [-0.4, -0.2) is 18.5 Å². The maximum atomic E-state index is 11.5. The third-order valence-electron chi connectivity index (χ3n) is 1.51. The smallest absolute Gasteiger partial charge is 0.362 e. The van der Waals surface area contributed by atoms with Crippen molar-refractivity contribution in [1.82, 2.24) is 0 Å². The molecule has 0 bridgehead atoms. The van der Waals surface area contributed by atoms with Crippen LogP contribution in [0.1, 0.15) is 26.7 Å². The van der Waals surface area contributed by atoms with Crippen molar-refractivity contribution in [1.29, 1.82) is 0 Å². The minimum absolute atomic E-state index is 0.165. The largest absolute Gasteiger partial charge is 0.465 e. The number of ether oxygens (including phenoxy) is 1. The quantitative estimate of drug-likeness (QED) is 0.488. The Morgan fingerprint density at radius 1 is 1.31 bits per heavy atom. The fourth-order valence-electron chi connectivity index (χ4n) is 0.917. The van der Waals surface area contributed by atoms with E-state index >= 15 is 0 Å². The molecule has 0 amide bonds. The average molecular weight is 192 g/mol. The van der Waals surface area contributed by atoms with E-state index in [2.05, 4.69) is 9.68 Å². The summed E-state index contributed by atoms with van der Waals surface area (Å²) in [5.41, 5.74) is 0. The van der Waals surface area contributed by atoms with Crippen LogP contribution in [0.5, 0.6) is 0 Å². The Morgan fingerprint density at radius 3 is 2.31 bits per heavy atom. The standard InChI is InChI=1S/C8H13FO4/c1-3-5-6(8(11)13-9)7(10)12-4-2/h6H,3-5H2,1-2H3. The maximum Gasteiger partial charge on any atom is 0.362 e. The molecule has 1 unspecified atom stereocenters. The van der Waals surface area contributed by atoms with Gasteiger partial charge in [-0.2, -0.15) is 0 Å². The number of carbonyl (C=O) groups is 2. The van der Waals surface area contributed by atoms with Crippen molar-refractivity contribution in [3.8, 4) is 0 Å². The molecule has 13 heavy (non-hydrogen) atoms. The van der Waals surface area contributed by atoms with Crippen molar-refractivity contribution in [2.45, 2.75) is 26.7 Å². The molecule has 0 aliphatic heterocycles. The molecule has 0 spiro atoms. The summed E-state index contributed by atoms with van der Waals surface area (Å²) in [7, 11) is 0. The van der Waals surface area contributed by atoms with E-state index in [-0.39, 0.29) is 13.0 Å². The summed E-state index contributed by atoms with van der Waals surface area (Å²) in [6.45, 7) is 3.55. The molecular weight excluding hydrogens is 179 g/mol. The van der Waals surface area contributed by atoms with Gasteiger partial charge < -0.3 is 4.74 Å². The lowest BCUT2D eigenvalue weighted by Crippen LogP contribution is -2.26. The van der Waals surface area contributed by atoms with Gasteiger partial charge in [0.2, 0.25) is 0 Å². The van der Waals surface area contributed by atoms with Gasteiger partial charge in [-0.3, -0.25) is 9.74 Å². The molecule has 0 saturated carbocycles. The highest BCUT2D eigenvalue weighted by atomic mass is 19.3. The fourth-order valence-corrected chi connectivity index (χ4v) is 0.917. The van der Waals surface area contributed by atoms with Gasteiger partial charge in [0, 0.05) is 4.53 Å². The highest BCUT2D eigenvalue weighted by Crippen LogP contribution is 2.11. The summed E-state index contributed by atoms with van der Waals surface area (Å²) in [4.78, 5) is 24.8. The van der Waals surface area contributed by atoms with E-state index in [1.165, 1.54) is 0 Å². The highest BCUT2D eigenvalue weighted by molar-refractivity contribution is 5.94. The van der Waals surface area contributed by atoms with Crippen molar-refractivity contribution in [3.63, 3.8) is 0 Å². The van der Waals surface area contributed by atoms with Crippen LogP contribution in [0, 0.1) is 5.92 Å². The van der Waals surface area contributed by atoms with Gasteiger partial charge >= 0.3 is 11.9 Å². The van der Waals surface area contributed by atoms with Crippen LogP contribution in [0.3, 0.4) is 0 Å². The molecule has 0 fully saturated rings. The Kier molecular flexibility index (Phi) is 5.84. The van der Waals surface area contributed by atoms with E-state index in [1.54, 1.807) is 13.8 Å². The molecule has 1 atom stereocenters. The molecule has 0 aliphatic rings. The summed E-state index contributed by atoms with van der Waals surface area (Å²) in [5.74, 6) is -3.04. The van der Waals surface area contributed by atoms with Gasteiger partial charge in [0.05, 0.1) is 6.61 Å². The minimum Gasteiger partial charge on any atom is -0.465 e. The number of halogens is 1. The van der Waals surface area contributed by atoms with Crippen LogP contribution < -0.4 is 0 Å². The molecule has 0 heterocycles. The van der Waals surface area contributed by atoms with Crippen LogP contribution in [0.25, 0.3) is 0 Å². The molecule has 0 N–H and O–H groups in total. The molecule has 5 heteroatoms. The summed E-state index contributed by atoms with van der Waals surface area (Å²) in [5, 5.41) is 0. The first-order valence-corrected chi connectivity index (χ1v) is 4.16. The monoisotopic (exact) mass is 192 g/mol. The number of hydrogen-bond donors (Lipinski definition) is 0. The predicted molar refractivity (Wildman–Crippen MR) is 42.2 cm³/mol. The Labute approximate surface area is 75.9 Å². The van der Waals surface area contributed by atoms with Gasteiger partial charge in [0.25, 0.3) is 0 Å². The first-order valence-electron chi connectivity index (χ1n) is 4.16. The SMILES string of the molecule is CCCC(C(=O)OF)C(=O)OCC. The van der Waals surface area contributed by atoms with Crippen LogP contribution in [0.2, 0.25) is 0 Å². The Hall–Kier alpha value is -1.13. The van der Waals surface area contributed by atoms with Crippen molar-refractivity contribution in [2.75, 3.05) is 6.61 Å². The van der Waals surface area contributed by atoms with Gasteiger partial charge in [-0.15, -0.1) is 0 Å². The van der Waals surface area contributed by atoms with E-state index in [9.17, 15) is 14.1 Å². The summed E-state index contributed by atoms with van der Waals surface area (Å²) >= 11 is 0. The summed E-state index contributed by atoms with van der Waals surface area (Å²) in [6.07, 6.45) is 0.820. The molecule has 0 aliphatic carbocycles. The summed E-state index contributed by atoms with van der Waals surface area (Å²) < 4.78 is 16.1. The molecule has 0 aromatic carbocycles. The zero-order chi connectivity index (χ0) is 10.3. The van der Waals surface area contributed by atoms with Gasteiger partial charge in [-0.25, -0.2) is 4.79 Å². The highest BCUT2D eigenvalue weighted by Gasteiger charge is 2.29. The van der Waals surface area contributed by atoms with Gasteiger partial charge in [0.1, 0.15) is 0 Å². The van der Waals surface area contributed by atoms with Crippen LogP contribution in [0.15, 0.2) is 0 Å². The zero-order valence-electron chi connectivity index (χ0n) is 7.71. The third kappa shape index (κ3) is 3.87. The van der Waals surface area contributed by atoms with E-state index in [0.29, 0.717) is 6.42 Å². The van der Waals surface area contributed by atoms with Crippen molar-refractivity contribution < 1.29 is 23.8 Å². The van der Waals surface area contributed by atoms with Crippen molar-refractivity contribution in [3.05, 3.63) is 0 Å². The number of esters is 1. The second-order valence-corrected chi connectivity index (χ2v) is 2.49. The zero-order valence-corrected chi connectivity index (χ0v) is 7.71. The fraction of sp³-hybridized carbons (Fsp3) is 0.750. The average Bonchev–Trinajstić information content (AvgIpc) is 2.13. The normalized spacial score (nSPS) is 11.9. The van der Waals surface area contributed by atoms with Gasteiger partial charge in [-0.1, -0.05) is 13.3 Å². The van der Waals surface area contributed by atoms with Crippen molar-refractivity contribution >= 4 is 11.9 Å². The Bertz CT molecular complexity index is 181. The lowest BCUT2D eigenvalue weighted by atomic mass is 10.0. The first-order chi connectivity index (χ1) is 6.17. The molecule has 4 nitrogen and oxygen atoms in total. The molecule has 0 rings (SSSR count). The van der Waals surface area contributed by atoms with E-state index in [4.69, 9.17) is 0 Å². The molecule has 76 valence electrons. The van der Waals surface area contributed by atoms with E-state index < -0.39 is 17.9 Å². The first kappa shape index (κ1) is 11.9. The van der Waals surface area contributed by atoms with E-state index in [0.717, 1.165) is 0 Å². The van der Waals surface area contributed by atoms with E-state index in [1.807, 2.05) is 0 Å². The lowest BCUT2D eigenvalue weighted by molar-refractivity contribution is -0.193. The second kappa shape index (κ2) is 6.39. The predicted octanol–water partition coefficient (Wildman–Crippen LogP) is 1.39. The van der Waals surface area contributed by atoms with Gasteiger partial charge in [0.15, 0.2) is 5.92 Å². The topological polar surface area (TPSA) is 52.6 Å². The maximum absolute atomic E-state index is 11.5. The van der Waals surface area contributed by atoms with Gasteiger partial charge in [-0.05, 0) is 13.3 Å². The van der Waals surface area contributed by atoms with Crippen molar-refractivity contribution in [2.24, 2.45) is 5.92 Å². The van der Waals surface area contributed by atoms with Crippen LogP contribution in [0.4, 0.5) is 4.53 Å². The minimum atomic E-state index is -1.18. The Balaban J connectivity index is 4.22. The Morgan fingerprint density at radius 2 is 1.92 bits per heavy atom. The van der Waals surface area contributed by atoms with Crippen LogP contribution in [-0.2, 0) is 19.3 Å². The molecule has 0 aromatic rings. The van der Waals surface area contributed by atoms with Crippen LogP contribution >= 0.6 is 0 Å². The number of hydrogen-bond acceptors (Lipinski definition) is 4. The second-order valence-electron chi connectivity index (χ2n) is 2.49. The molecule has 0 saturated heterocycles. The summed E-state index contributed by atoms with van der Waals surface area (Å²) in [6, 6.07) is 0.